The molecule has 0 unspecified atom stereocenters. The minimum absolute atomic E-state index is 0.932. The van der Waals surface area contributed by atoms with Gasteiger partial charge in [0, 0.05) is 12.1 Å². The number of benzene rings is 1. The van der Waals surface area contributed by atoms with Crippen molar-refractivity contribution in [3.63, 3.8) is 0 Å². The van der Waals surface area contributed by atoms with Gasteiger partial charge in [-0.1, -0.05) is 0 Å². The highest BCUT2D eigenvalue weighted by Crippen LogP contribution is 2.36. The van der Waals surface area contributed by atoms with Crippen LogP contribution in [0.25, 0.3) is 0 Å². The first kappa shape index (κ1) is 7.85. The SMILES string of the molecule is CC1=Nc2cc3c(cc2C1)C[N+](C)=N3. The lowest BCUT2D eigenvalue weighted by atomic mass is 10.1. The minimum Gasteiger partial charge on any atom is -0.257 e. The second kappa shape index (κ2) is 2.50. The molecule has 0 aliphatic carbocycles. The molecular weight excluding hydrogens is 174 g/mol. The monoisotopic (exact) mass is 186 g/mol. The van der Waals surface area contributed by atoms with Crippen LogP contribution in [0.3, 0.4) is 0 Å². The van der Waals surface area contributed by atoms with Crippen LogP contribution in [-0.2, 0) is 13.0 Å². The van der Waals surface area contributed by atoms with E-state index in [2.05, 4.69) is 29.2 Å². The highest BCUT2D eigenvalue weighted by molar-refractivity contribution is 5.92. The first-order chi connectivity index (χ1) is 6.72. The van der Waals surface area contributed by atoms with Gasteiger partial charge >= 0.3 is 0 Å². The Morgan fingerprint density at radius 3 is 2.93 bits per heavy atom. The molecule has 2 aliphatic rings. The van der Waals surface area contributed by atoms with Gasteiger partial charge in [-0.15, -0.1) is 4.70 Å². The summed E-state index contributed by atoms with van der Waals surface area (Å²) in [5, 5.41) is 4.42. The molecule has 2 aliphatic heterocycles. The van der Waals surface area contributed by atoms with Gasteiger partial charge < -0.3 is 0 Å². The third-order valence-electron chi connectivity index (χ3n) is 2.72. The zero-order valence-electron chi connectivity index (χ0n) is 8.41. The average molecular weight is 186 g/mol. The number of hydrogen-bond donors (Lipinski definition) is 0. The van der Waals surface area contributed by atoms with Gasteiger partial charge in [-0.25, -0.2) is 0 Å². The Balaban J connectivity index is 2.16. The molecule has 14 heavy (non-hydrogen) atoms. The van der Waals surface area contributed by atoms with Crippen molar-refractivity contribution in [2.45, 2.75) is 19.9 Å². The van der Waals surface area contributed by atoms with Crippen LogP contribution >= 0.6 is 0 Å². The van der Waals surface area contributed by atoms with Gasteiger partial charge in [0.1, 0.15) is 5.69 Å². The smallest absolute Gasteiger partial charge is 0.196 e. The molecule has 3 nitrogen and oxygen atoms in total. The fourth-order valence-corrected chi connectivity index (χ4v) is 2.13. The second-order valence-corrected chi connectivity index (χ2v) is 4.05. The second-order valence-electron chi connectivity index (χ2n) is 4.05. The van der Waals surface area contributed by atoms with E-state index in [1.54, 1.807) is 0 Å². The van der Waals surface area contributed by atoms with Crippen LogP contribution in [0.5, 0.6) is 0 Å². The number of azo groups is 2. The molecule has 0 fully saturated rings. The molecule has 3 heteroatoms. The summed E-state index contributed by atoms with van der Waals surface area (Å²) in [5.41, 5.74) is 6.09. The zero-order valence-corrected chi connectivity index (χ0v) is 8.41. The summed E-state index contributed by atoms with van der Waals surface area (Å²) < 4.78 is 1.97. The van der Waals surface area contributed by atoms with Crippen LogP contribution in [0.2, 0.25) is 0 Å². The minimum atomic E-state index is 0.932. The lowest BCUT2D eigenvalue weighted by molar-refractivity contribution is -0.570. The van der Waals surface area contributed by atoms with Crippen LogP contribution in [0.1, 0.15) is 18.1 Å². The first-order valence-electron chi connectivity index (χ1n) is 4.85. The van der Waals surface area contributed by atoms with Gasteiger partial charge in [-0.05, 0) is 29.7 Å². The summed E-state index contributed by atoms with van der Waals surface area (Å²) in [6.45, 7) is 3.01. The summed E-state index contributed by atoms with van der Waals surface area (Å²) >= 11 is 0. The van der Waals surface area contributed by atoms with Crippen LogP contribution in [-0.4, -0.2) is 17.5 Å². The Kier molecular flexibility index (Phi) is 1.40. The van der Waals surface area contributed by atoms with Gasteiger partial charge in [-0.3, -0.25) is 4.99 Å². The molecule has 0 atom stereocenters. The number of hydrogen-bond acceptors (Lipinski definition) is 2. The predicted octanol–water partition coefficient (Wildman–Crippen LogP) is 2.57. The van der Waals surface area contributed by atoms with E-state index in [-0.39, 0.29) is 0 Å². The summed E-state index contributed by atoms with van der Waals surface area (Å²) in [6.07, 6.45) is 1.01. The lowest BCUT2D eigenvalue weighted by Gasteiger charge is -1.97. The maximum absolute atomic E-state index is 4.49. The van der Waals surface area contributed by atoms with E-state index in [0.717, 1.165) is 24.3 Å². The average Bonchev–Trinajstić information content (AvgIpc) is 2.59. The maximum Gasteiger partial charge on any atom is 0.196 e. The molecule has 0 N–H and O–H groups in total. The highest BCUT2D eigenvalue weighted by atomic mass is 15.3. The third kappa shape index (κ3) is 1.02. The van der Waals surface area contributed by atoms with Crippen LogP contribution in [0, 0.1) is 0 Å². The molecule has 0 saturated carbocycles. The molecule has 1 aromatic carbocycles. The number of aliphatic imine (C=N–C) groups is 1. The van der Waals surface area contributed by atoms with E-state index >= 15 is 0 Å². The third-order valence-corrected chi connectivity index (χ3v) is 2.72. The molecule has 0 amide bonds. The normalized spacial score (nSPS) is 17.6. The summed E-state index contributed by atoms with van der Waals surface area (Å²) in [4.78, 5) is 4.49. The summed E-state index contributed by atoms with van der Waals surface area (Å²) in [6, 6.07) is 4.35. The summed E-state index contributed by atoms with van der Waals surface area (Å²) in [7, 11) is 2.00. The van der Waals surface area contributed by atoms with E-state index in [4.69, 9.17) is 0 Å². The fraction of sp³-hybridized carbons (Fsp3) is 0.364. The quantitative estimate of drug-likeness (QED) is 0.557. The highest BCUT2D eigenvalue weighted by Gasteiger charge is 2.22. The van der Waals surface area contributed by atoms with Crippen molar-refractivity contribution in [2.24, 2.45) is 10.1 Å². The molecule has 0 spiro atoms. The lowest BCUT2D eigenvalue weighted by Crippen LogP contribution is -1.95. The molecule has 2 heterocycles. The van der Waals surface area contributed by atoms with E-state index in [1.807, 2.05) is 11.7 Å². The Morgan fingerprint density at radius 1 is 1.21 bits per heavy atom. The van der Waals surface area contributed by atoms with Crippen LogP contribution < -0.4 is 0 Å². The summed E-state index contributed by atoms with van der Waals surface area (Å²) in [5.74, 6) is 0. The van der Waals surface area contributed by atoms with Crippen LogP contribution in [0.15, 0.2) is 22.2 Å². The van der Waals surface area contributed by atoms with Crippen molar-refractivity contribution in [2.75, 3.05) is 7.05 Å². The Labute approximate surface area is 82.8 Å². The topological polar surface area (TPSA) is 27.7 Å². The van der Waals surface area contributed by atoms with Gasteiger partial charge in [0.15, 0.2) is 13.6 Å². The standard InChI is InChI=1S/C11H12N3/c1-7-3-8-4-9-6-14(2)13-11(9)5-10(8)12-7/h4-5H,3,6H2,1-2H3/q+1. The van der Waals surface area contributed by atoms with E-state index in [0.29, 0.717) is 0 Å². The first-order valence-corrected chi connectivity index (χ1v) is 4.85. The van der Waals surface area contributed by atoms with Gasteiger partial charge in [0.05, 0.1) is 11.3 Å². The molecule has 0 bridgehead atoms. The van der Waals surface area contributed by atoms with E-state index in [1.165, 1.54) is 16.8 Å². The van der Waals surface area contributed by atoms with E-state index < -0.39 is 0 Å². The van der Waals surface area contributed by atoms with Crippen LogP contribution in [0.4, 0.5) is 11.4 Å². The molecule has 1 aromatic rings. The van der Waals surface area contributed by atoms with Crippen molar-refractivity contribution < 1.29 is 4.70 Å². The number of nitrogens with zero attached hydrogens (tertiary/aromatic N) is 3. The van der Waals surface area contributed by atoms with Crippen molar-refractivity contribution in [1.82, 2.24) is 0 Å². The predicted molar refractivity (Wildman–Crippen MR) is 54.9 cm³/mol. The Hall–Kier alpha value is -1.51. The Morgan fingerprint density at radius 2 is 2.07 bits per heavy atom. The maximum atomic E-state index is 4.49. The van der Waals surface area contributed by atoms with Crippen molar-refractivity contribution in [3.8, 4) is 0 Å². The molecule has 3 rings (SSSR count). The molecular formula is C11H12N3+. The Bertz CT molecular complexity index is 442. The van der Waals surface area contributed by atoms with Crippen molar-refractivity contribution >= 4 is 17.1 Å². The number of rotatable bonds is 0. The van der Waals surface area contributed by atoms with Gasteiger partial charge in [-0.2, -0.15) is 0 Å². The number of fused-ring (bicyclic) bond motifs is 2. The van der Waals surface area contributed by atoms with E-state index in [9.17, 15) is 0 Å². The largest absolute Gasteiger partial charge is 0.257 e. The zero-order chi connectivity index (χ0) is 9.71. The molecule has 0 aromatic heterocycles. The van der Waals surface area contributed by atoms with Crippen molar-refractivity contribution in [1.29, 1.82) is 0 Å². The molecule has 0 saturated heterocycles. The van der Waals surface area contributed by atoms with Gasteiger partial charge in [0.25, 0.3) is 0 Å². The van der Waals surface area contributed by atoms with Gasteiger partial charge in [0.2, 0.25) is 0 Å². The fourth-order valence-electron chi connectivity index (χ4n) is 2.13. The molecule has 0 radical (unpaired) electrons. The molecule has 70 valence electrons. The van der Waals surface area contributed by atoms with Crippen molar-refractivity contribution in [3.05, 3.63) is 23.3 Å².